The zero-order valence-electron chi connectivity index (χ0n) is 34.0. The van der Waals surface area contributed by atoms with E-state index in [2.05, 4.69) is 50.3 Å². The minimum absolute atomic E-state index is 0.0507. The second-order valence-corrected chi connectivity index (χ2v) is 15.7. The Morgan fingerprint density at radius 3 is 1.49 bits per heavy atom. The van der Waals surface area contributed by atoms with Crippen LogP contribution in [0.4, 0.5) is 0 Å². The number of phosphoric acid groups is 1. The van der Waals surface area contributed by atoms with Crippen LogP contribution in [0.3, 0.4) is 0 Å². The van der Waals surface area contributed by atoms with Crippen LogP contribution in [0.15, 0.2) is 36.5 Å². The Hall–Kier alpha value is -1.77. The summed E-state index contributed by atoms with van der Waals surface area (Å²) in [5.74, 6) is -0.849. The van der Waals surface area contributed by atoms with Crippen molar-refractivity contribution in [1.82, 2.24) is 0 Å². The van der Waals surface area contributed by atoms with Gasteiger partial charge in [0.2, 0.25) is 0 Å². The Morgan fingerprint density at radius 2 is 0.981 bits per heavy atom. The smallest absolute Gasteiger partial charge is 0.462 e. The third kappa shape index (κ3) is 39.7. The van der Waals surface area contributed by atoms with E-state index in [-0.39, 0.29) is 32.6 Å². The number of phosphoric ester groups is 1. The summed E-state index contributed by atoms with van der Waals surface area (Å²) in [5.41, 5.74) is 5.34. The topological polar surface area (TPSA) is 134 Å². The number of carbonyl (C=O) groups is 2. The number of esters is 2. The molecule has 0 aromatic heterocycles. The van der Waals surface area contributed by atoms with Gasteiger partial charge in [-0.05, 0) is 51.4 Å². The summed E-state index contributed by atoms with van der Waals surface area (Å²) in [5, 5.41) is 0. The molecule has 310 valence electrons. The van der Waals surface area contributed by atoms with E-state index in [4.69, 9.17) is 24.3 Å². The lowest BCUT2D eigenvalue weighted by Gasteiger charge is -2.19. The molecule has 2 unspecified atom stereocenters. The molecule has 0 radical (unpaired) electrons. The van der Waals surface area contributed by atoms with E-state index in [1.807, 2.05) is 0 Å². The van der Waals surface area contributed by atoms with Gasteiger partial charge in [0.25, 0.3) is 0 Å². The highest BCUT2D eigenvalue weighted by atomic mass is 31.2. The molecule has 0 aromatic rings. The number of hydrogen-bond donors (Lipinski definition) is 2. The molecule has 9 nitrogen and oxygen atoms in total. The van der Waals surface area contributed by atoms with Crippen molar-refractivity contribution in [3.8, 4) is 0 Å². The zero-order valence-corrected chi connectivity index (χ0v) is 34.9. The van der Waals surface area contributed by atoms with Crippen molar-refractivity contribution in [1.29, 1.82) is 0 Å². The van der Waals surface area contributed by atoms with Gasteiger partial charge in [-0.2, -0.15) is 0 Å². The average molecular weight is 770 g/mol. The molecule has 0 aliphatic rings. The third-order valence-corrected chi connectivity index (χ3v) is 10.0. The molecule has 0 saturated heterocycles. The lowest BCUT2D eigenvalue weighted by atomic mass is 10.0. The predicted octanol–water partition coefficient (Wildman–Crippen LogP) is 12.2. The Balaban J connectivity index is 4.19. The quantitative estimate of drug-likeness (QED) is 0.0270. The molecule has 0 fully saturated rings. The van der Waals surface area contributed by atoms with Crippen LogP contribution in [0, 0.1) is 0 Å². The zero-order chi connectivity index (χ0) is 38.9. The predicted molar refractivity (Wildman–Crippen MR) is 220 cm³/mol. The molecule has 0 rings (SSSR count). The van der Waals surface area contributed by atoms with Gasteiger partial charge in [0.15, 0.2) is 6.10 Å². The van der Waals surface area contributed by atoms with Crippen LogP contribution in [0.25, 0.3) is 0 Å². The molecule has 0 heterocycles. The van der Waals surface area contributed by atoms with Crippen LogP contribution in [0.1, 0.15) is 194 Å². The highest BCUT2D eigenvalue weighted by Crippen LogP contribution is 2.43. The SMILES string of the molecule is CCCCCC=CCC=CCC=CCCCCCCC(=O)OCC(COP(=O)(O)OCCN)OC(=O)CCCCCCCCCCCCCCCCC. The first-order valence-electron chi connectivity index (χ1n) is 21.5. The summed E-state index contributed by atoms with van der Waals surface area (Å²) in [4.78, 5) is 34.8. The second kappa shape index (κ2) is 39.9. The number of ether oxygens (including phenoxy) is 2. The van der Waals surface area contributed by atoms with Gasteiger partial charge in [-0.3, -0.25) is 18.6 Å². The summed E-state index contributed by atoms with van der Waals surface area (Å²) in [6.07, 6.45) is 43.1. The van der Waals surface area contributed by atoms with Gasteiger partial charge >= 0.3 is 19.8 Å². The number of rotatable bonds is 40. The van der Waals surface area contributed by atoms with Crippen LogP contribution in [-0.4, -0.2) is 49.3 Å². The molecule has 0 aliphatic carbocycles. The third-order valence-electron chi connectivity index (χ3n) is 9.03. The fourth-order valence-electron chi connectivity index (χ4n) is 5.82. The monoisotopic (exact) mass is 770 g/mol. The fourth-order valence-corrected chi connectivity index (χ4v) is 6.58. The summed E-state index contributed by atoms with van der Waals surface area (Å²) in [6.45, 7) is 3.69. The number of hydrogen-bond acceptors (Lipinski definition) is 8. The van der Waals surface area contributed by atoms with Crippen molar-refractivity contribution in [3.63, 3.8) is 0 Å². The maximum Gasteiger partial charge on any atom is 0.472 e. The molecule has 53 heavy (non-hydrogen) atoms. The number of allylic oxidation sites excluding steroid dienone is 6. The maximum atomic E-state index is 12.6. The Kier molecular flexibility index (Phi) is 38.6. The van der Waals surface area contributed by atoms with Crippen molar-refractivity contribution >= 4 is 19.8 Å². The van der Waals surface area contributed by atoms with Crippen molar-refractivity contribution in [2.24, 2.45) is 5.73 Å². The molecule has 2 atom stereocenters. The van der Waals surface area contributed by atoms with E-state index < -0.39 is 32.5 Å². The number of unbranched alkanes of at least 4 members (excludes halogenated alkanes) is 21. The Morgan fingerprint density at radius 1 is 0.566 bits per heavy atom. The highest BCUT2D eigenvalue weighted by Gasteiger charge is 2.26. The van der Waals surface area contributed by atoms with Crippen molar-refractivity contribution in [2.75, 3.05) is 26.4 Å². The molecule has 0 aliphatic heterocycles. The number of nitrogens with two attached hydrogens (primary N) is 1. The van der Waals surface area contributed by atoms with Gasteiger partial charge in [-0.25, -0.2) is 4.57 Å². The van der Waals surface area contributed by atoms with E-state index >= 15 is 0 Å². The minimum atomic E-state index is -4.38. The van der Waals surface area contributed by atoms with Gasteiger partial charge in [-0.1, -0.05) is 166 Å². The molecule has 0 amide bonds. The maximum absolute atomic E-state index is 12.6. The van der Waals surface area contributed by atoms with Gasteiger partial charge in [0.05, 0.1) is 13.2 Å². The molecule has 10 heteroatoms. The molecule has 0 bridgehead atoms. The summed E-state index contributed by atoms with van der Waals surface area (Å²) in [6, 6.07) is 0. The molecule has 3 N–H and O–H groups in total. The Labute approximate surface area is 324 Å². The van der Waals surface area contributed by atoms with Crippen molar-refractivity contribution in [2.45, 2.75) is 200 Å². The van der Waals surface area contributed by atoms with Gasteiger partial charge in [0, 0.05) is 19.4 Å². The van der Waals surface area contributed by atoms with E-state index in [0.717, 1.165) is 51.4 Å². The van der Waals surface area contributed by atoms with Crippen LogP contribution in [0.2, 0.25) is 0 Å². The standard InChI is InChI=1S/C43H80NO8P/c1-3-5-7-9-11-13-15-17-19-20-22-23-25-27-29-31-33-35-42(45)49-39-41(40-51-53(47,48)50-38-37-44)52-43(46)36-34-32-30-28-26-24-21-18-16-14-12-10-8-6-4-2/h11,13,17,19,22-23,41H,3-10,12,14-16,18,20-21,24-40,44H2,1-2H3,(H,47,48). The first kappa shape index (κ1) is 51.2. The van der Waals surface area contributed by atoms with Crippen LogP contribution in [-0.2, 0) is 32.7 Å². The van der Waals surface area contributed by atoms with Gasteiger partial charge in [0.1, 0.15) is 6.61 Å². The highest BCUT2D eigenvalue weighted by molar-refractivity contribution is 7.47. The average Bonchev–Trinajstić information content (AvgIpc) is 3.14. The summed E-state index contributed by atoms with van der Waals surface area (Å²) >= 11 is 0. The minimum Gasteiger partial charge on any atom is -0.462 e. The molecular weight excluding hydrogens is 689 g/mol. The van der Waals surface area contributed by atoms with Crippen LogP contribution in [0.5, 0.6) is 0 Å². The first-order valence-corrected chi connectivity index (χ1v) is 23.0. The van der Waals surface area contributed by atoms with Crippen molar-refractivity contribution in [3.05, 3.63) is 36.5 Å². The summed E-state index contributed by atoms with van der Waals surface area (Å²) in [7, 11) is -4.38. The van der Waals surface area contributed by atoms with E-state index in [0.29, 0.717) is 12.8 Å². The number of carbonyl (C=O) groups excluding carboxylic acids is 2. The van der Waals surface area contributed by atoms with Gasteiger partial charge < -0.3 is 20.1 Å². The van der Waals surface area contributed by atoms with E-state index in [1.54, 1.807) is 0 Å². The Bertz CT molecular complexity index is 970. The van der Waals surface area contributed by atoms with Crippen LogP contribution >= 0.6 is 7.82 Å². The first-order chi connectivity index (χ1) is 25.8. The molecule has 0 saturated carbocycles. The van der Waals surface area contributed by atoms with Crippen molar-refractivity contribution < 1.29 is 37.6 Å². The van der Waals surface area contributed by atoms with Crippen LogP contribution < -0.4 is 5.73 Å². The lowest BCUT2D eigenvalue weighted by molar-refractivity contribution is -0.161. The summed E-state index contributed by atoms with van der Waals surface area (Å²) < 4.78 is 32.7. The lowest BCUT2D eigenvalue weighted by Crippen LogP contribution is -2.29. The van der Waals surface area contributed by atoms with Gasteiger partial charge in [-0.15, -0.1) is 0 Å². The normalized spacial score (nSPS) is 13.7. The van der Waals surface area contributed by atoms with E-state index in [1.165, 1.54) is 103 Å². The molecule has 0 spiro atoms. The largest absolute Gasteiger partial charge is 0.472 e. The second-order valence-electron chi connectivity index (χ2n) is 14.2. The van der Waals surface area contributed by atoms with E-state index in [9.17, 15) is 19.0 Å². The fraction of sp³-hybridized carbons (Fsp3) is 0.814. The molecular formula is C43H80NO8P. The molecule has 0 aromatic carbocycles.